The molecule has 0 radical (unpaired) electrons. The summed E-state index contributed by atoms with van der Waals surface area (Å²) in [7, 11) is 1.89. The van der Waals surface area contributed by atoms with Gasteiger partial charge in [-0.25, -0.2) is 0 Å². The zero-order valence-electron chi connectivity index (χ0n) is 12.4. The van der Waals surface area contributed by atoms with Crippen LogP contribution in [0.1, 0.15) is 34.6 Å². The number of aryl methyl sites for hydroxylation is 2. The molecule has 20 heavy (non-hydrogen) atoms. The quantitative estimate of drug-likeness (QED) is 0.850. The number of halogens is 1. The second-order valence-corrected chi connectivity index (χ2v) is 6.07. The number of carbonyl (C=O) groups excluding carboxylic acids is 1. The van der Waals surface area contributed by atoms with Crippen molar-refractivity contribution in [1.82, 2.24) is 20.0 Å². The fourth-order valence-corrected chi connectivity index (χ4v) is 3.49. The third kappa shape index (κ3) is 2.33. The Kier molecular flexibility index (Phi) is 4.12. The average Bonchev–Trinajstić information content (AvgIpc) is 3.05. The van der Waals surface area contributed by atoms with Gasteiger partial charge in [0.15, 0.2) is 0 Å². The van der Waals surface area contributed by atoms with Gasteiger partial charge in [-0.15, -0.1) is 12.4 Å². The Morgan fingerprint density at radius 3 is 2.65 bits per heavy atom. The smallest absolute Gasteiger partial charge is 0.257 e. The van der Waals surface area contributed by atoms with E-state index < -0.39 is 0 Å². The lowest BCUT2D eigenvalue weighted by atomic mass is 9.86. The first kappa shape index (κ1) is 15.3. The molecule has 1 amide bonds. The summed E-state index contributed by atoms with van der Waals surface area (Å²) in [6.07, 6.45) is 2.33. The number of nitrogens with one attached hydrogen (secondary N) is 1. The minimum Gasteiger partial charge on any atom is -0.338 e. The SMILES string of the molecule is Cc1nn(C)c(C)c1C(=O)N1CCC2(CCNC2)C1.Cl. The Morgan fingerprint density at radius 1 is 1.35 bits per heavy atom. The molecule has 0 bridgehead atoms. The summed E-state index contributed by atoms with van der Waals surface area (Å²) < 4.78 is 1.80. The molecule has 1 unspecified atom stereocenters. The first-order valence-electron chi connectivity index (χ1n) is 7.03. The minimum atomic E-state index is 0. The molecule has 1 atom stereocenters. The van der Waals surface area contributed by atoms with Crippen LogP contribution >= 0.6 is 12.4 Å². The van der Waals surface area contributed by atoms with Crippen LogP contribution in [-0.2, 0) is 7.05 Å². The molecular weight excluding hydrogens is 276 g/mol. The topological polar surface area (TPSA) is 50.2 Å². The van der Waals surface area contributed by atoms with Crippen molar-refractivity contribution in [3.63, 3.8) is 0 Å². The molecule has 3 rings (SSSR count). The molecule has 1 aromatic heterocycles. The van der Waals surface area contributed by atoms with Crippen LogP contribution in [0.25, 0.3) is 0 Å². The lowest BCUT2D eigenvalue weighted by Crippen LogP contribution is -2.33. The van der Waals surface area contributed by atoms with Crippen LogP contribution in [0.5, 0.6) is 0 Å². The lowest BCUT2D eigenvalue weighted by Gasteiger charge is -2.22. The summed E-state index contributed by atoms with van der Waals surface area (Å²) in [4.78, 5) is 14.7. The van der Waals surface area contributed by atoms with Gasteiger partial charge < -0.3 is 10.2 Å². The molecule has 6 heteroatoms. The summed E-state index contributed by atoms with van der Waals surface area (Å²) in [5.41, 5.74) is 2.94. The molecule has 2 fully saturated rings. The summed E-state index contributed by atoms with van der Waals surface area (Å²) in [5, 5.41) is 7.78. The Hall–Kier alpha value is -1.07. The molecule has 5 nitrogen and oxygen atoms in total. The third-order valence-electron chi connectivity index (χ3n) is 4.78. The first-order valence-corrected chi connectivity index (χ1v) is 7.03. The summed E-state index contributed by atoms with van der Waals surface area (Å²) in [6, 6.07) is 0. The molecule has 3 heterocycles. The number of nitrogens with zero attached hydrogens (tertiary/aromatic N) is 3. The molecule has 0 aliphatic carbocycles. The maximum absolute atomic E-state index is 12.7. The molecule has 0 aromatic carbocycles. The maximum Gasteiger partial charge on any atom is 0.257 e. The largest absolute Gasteiger partial charge is 0.338 e. The van der Waals surface area contributed by atoms with Gasteiger partial charge in [-0.3, -0.25) is 9.48 Å². The van der Waals surface area contributed by atoms with Crippen molar-refractivity contribution in [3.8, 4) is 0 Å². The van der Waals surface area contributed by atoms with Gasteiger partial charge in [-0.1, -0.05) is 0 Å². The number of carbonyl (C=O) groups is 1. The van der Waals surface area contributed by atoms with Crippen molar-refractivity contribution in [2.45, 2.75) is 26.7 Å². The third-order valence-corrected chi connectivity index (χ3v) is 4.78. The second-order valence-electron chi connectivity index (χ2n) is 6.07. The molecule has 1 aromatic rings. The normalized spacial score (nSPS) is 25.2. The van der Waals surface area contributed by atoms with Crippen LogP contribution in [0.2, 0.25) is 0 Å². The molecule has 2 saturated heterocycles. The van der Waals surface area contributed by atoms with E-state index in [4.69, 9.17) is 0 Å². The van der Waals surface area contributed by atoms with Crippen LogP contribution in [0.3, 0.4) is 0 Å². The molecule has 1 N–H and O–H groups in total. The Labute approximate surface area is 126 Å². The van der Waals surface area contributed by atoms with E-state index >= 15 is 0 Å². The fourth-order valence-electron chi connectivity index (χ4n) is 3.49. The van der Waals surface area contributed by atoms with Crippen LogP contribution in [0.4, 0.5) is 0 Å². The molecule has 112 valence electrons. The average molecular weight is 299 g/mol. The van der Waals surface area contributed by atoms with E-state index in [0.717, 1.165) is 49.6 Å². The predicted molar refractivity (Wildman–Crippen MR) is 80.4 cm³/mol. The van der Waals surface area contributed by atoms with Gasteiger partial charge >= 0.3 is 0 Å². The van der Waals surface area contributed by atoms with Crippen LogP contribution in [0.15, 0.2) is 0 Å². The minimum absolute atomic E-state index is 0. The maximum atomic E-state index is 12.7. The number of rotatable bonds is 1. The number of aromatic nitrogens is 2. The summed E-state index contributed by atoms with van der Waals surface area (Å²) in [5.74, 6) is 0.159. The zero-order chi connectivity index (χ0) is 13.6. The Balaban J connectivity index is 0.00000147. The van der Waals surface area contributed by atoms with E-state index in [1.165, 1.54) is 6.42 Å². The van der Waals surface area contributed by atoms with Gasteiger partial charge in [0.25, 0.3) is 5.91 Å². The number of likely N-dealkylation sites (tertiary alicyclic amines) is 1. The van der Waals surface area contributed by atoms with Crippen molar-refractivity contribution >= 4 is 18.3 Å². The molecule has 2 aliphatic heterocycles. The fraction of sp³-hybridized carbons (Fsp3) is 0.714. The molecule has 0 saturated carbocycles. The summed E-state index contributed by atoms with van der Waals surface area (Å²) >= 11 is 0. The van der Waals surface area contributed by atoms with Crippen molar-refractivity contribution in [3.05, 3.63) is 17.0 Å². The van der Waals surface area contributed by atoms with Crippen molar-refractivity contribution in [2.75, 3.05) is 26.2 Å². The summed E-state index contributed by atoms with van der Waals surface area (Å²) in [6.45, 7) is 7.81. The Bertz CT molecular complexity index is 519. The molecular formula is C14H23ClN4O. The van der Waals surface area contributed by atoms with Crippen molar-refractivity contribution in [2.24, 2.45) is 12.5 Å². The Morgan fingerprint density at radius 2 is 2.10 bits per heavy atom. The van der Waals surface area contributed by atoms with E-state index in [1.807, 2.05) is 25.8 Å². The highest BCUT2D eigenvalue weighted by Gasteiger charge is 2.42. The first-order chi connectivity index (χ1) is 9.02. The number of hydrogen-bond donors (Lipinski definition) is 1. The highest BCUT2D eigenvalue weighted by molar-refractivity contribution is 5.96. The van der Waals surface area contributed by atoms with Crippen LogP contribution < -0.4 is 5.32 Å². The highest BCUT2D eigenvalue weighted by Crippen LogP contribution is 2.36. The highest BCUT2D eigenvalue weighted by atomic mass is 35.5. The van der Waals surface area contributed by atoms with Gasteiger partial charge in [0.05, 0.1) is 11.3 Å². The van der Waals surface area contributed by atoms with Crippen LogP contribution in [-0.4, -0.2) is 46.8 Å². The predicted octanol–water partition coefficient (Wildman–Crippen LogP) is 1.28. The monoisotopic (exact) mass is 298 g/mol. The zero-order valence-corrected chi connectivity index (χ0v) is 13.2. The van der Waals surface area contributed by atoms with Crippen molar-refractivity contribution in [1.29, 1.82) is 0 Å². The standard InChI is InChI=1S/C14H22N4O.ClH/c1-10-12(11(2)17(3)16-10)13(19)18-7-5-14(9-18)4-6-15-8-14;/h15H,4-9H2,1-3H3;1H. The second kappa shape index (κ2) is 5.37. The van der Waals surface area contributed by atoms with E-state index in [1.54, 1.807) is 4.68 Å². The van der Waals surface area contributed by atoms with Gasteiger partial charge in [0.2, 0.25) is 0 Å². The van der Waals surface area contributed by atoms with E-state index in [-0.39, 0.29) is 18.3 Å². The van der Waals surface area contributed by atoms with Crippen molar-refractivity contribution < 1.29 is 4.79 Å². The van der Waals surface area contributed by atoms with Gasteiger partial charge in [-0.2, -0.15) is 5.10 Å². The van der Waals surface area contributed by atoms with Gasteiger partial charge in [0.1, 0.15) is 0 Å². The van der Waals surface area contributed by atoms with Gasteiger partial charge in [0, 0.05) is 37.8 Å². The number of hydrogen-bond acceptors (Lipinski definition) is 3. The molecule has 1 spiro atoms. The molecule has 2 aliphatic rings. The number of amides is 1. The van der Waals surface area contributed by atoms with E-state index in [0.29, 0.717) is 5.41 Å². The lowest BCUT2D eigenvalue weighted by molar-refractivity contribution is 0.0774. The van der Waals surface area contributed by atoms with E-state index in [9.17, 15) is 4.79 Å². The van der Waals surface area contributed by atoms with Crippen LogP contribution in [0, 0.1) is 19.3 Å². The van der Waals surface area contributed by atoms with E-state index in [2.05, 4.69) is 10.4 Å². The van der Waals surface area contributed by atoms with Gasteiger partial charge in [-0.05, 0) is 33.2 Å².